The molecule has 0 unspecified atom stereocenters. The van der Waals surface area contributed by atoms with Gasteiger partial charge >= 0.3 is 0 Å². The van der Waals surface area contributed by atoms with Gasteiger partial charge in [0.1, 0.15) is 5.75 Å². The van der Waals surface area contributed by atoms with Gasteiger partial charge in [-0.1, -0.05) is 50.6 Å². The topological polar surface area (TPSA) is 50.7 Å². The van der Waals surface area contributed by atoms with Crippen LogP contribution < -0.4 is 10.2 Å². The molecule has 2 aromatic rings. The molecule has 0 heterocycles. The van der Waals surface area contributed by atoms with E-state index in [0.29, 0.717) is 5.75 Å². The molecule has 4 nitrogen and oxygen atoms in total. The van der Waals surface area contributed by atoms with Crippen molar-refractivity contribution in [3.63, 3.8) is 0 Å². The van der Waals surface area contributed by atoms with E-state index >= 15 is 0 Å². The van der Waals surface area contributed by atoms with E-state index in [1.165, 1.54) is 11.1 Å². The van der Waals surface area contributed by atoms with Gasteiger partial charge in [0.15, 0.2) is 6.61 Å². The second-order valence-electron chi connectivity index (χ2n) is 7.67. The van der Waals surface area contributed by atoms with Gasteiger partial charge in [0.2, 0.25) is 0 Å². The lowest BCUT2D eigenvalue weighted by molar-refractivity contribution is -0.123. The van der Waals surface area contributed by atoms with Gasteiger partial charge in [-0.15, -0.1) is 0 Å². The van der Waals surface area contributed by atoms with Crippen LogP contribution in [0.5, 0.6) is 5.75 Å². The Balaban J connectivity index is 1.88. The maximum atomic E-state index is 11.9. The van der Waals surface area contributed by atoms with Gasteiger partial charge in [-0.25, -0.2) is 5.43 Å². The Morgan fingerprint density at radius 3 is 2.19 bits per heavy atom. The molecule has 4 heteroatoms. The lowest BCUT2D eigenvalue weighted by atomic mass is 9.87. The largest absolute Gasteiger partial charge is 0.484 e. The Labute approximate surface area is 156 Å². The highest BCUT2D eigenvalue weighted by Crippen LogP contribution is 2.24. The molecule has 0 saturated heterocycles. The van der Waals surface area contributed by atoms with Gasteiger partial charge in [0.05, 0.1) is 6.21 Å². The Morgan fingerprint density at radius 1 is 1.08 bits per heavy atom. The quantitative estimate of drug-likeness (QED) is 0.639. The van der Waals surface area contributed by atoms with Crippen LogP contribution >= 0.6 is 0 Å². The first-order valence-electron chi connectivity index (χ1n) is 8.80. The van der Waals surface area contributed by atoms with Crippen molar-refractivity contribution in [2.75, 3.05) is 6.61 Å². The number of benzene rings is 2. The Morgan fingerprint density at radius 2 is 1.65 bits per heavy atom. The smallest absolute Gasteiger partial charge is 0.277 e. The van der Waals surface area contributed by atoms with E-state index in [2.05, 4.69) is 50.4 Å². The van der Waals surface area contributed by atoms with Gasteiger partial charge in [-0.2, -0.15) is 5.10 Å². The van der Waals surface area contributed by atoms with E-state index in [-0.39, 0.29) is 17.9 Å². The van der Waals surface area contributed by atoms with Gasteiger partial charge in [-0.05, 0) is 55.0 Å². The van der Waals surface area contributed by atoms with Crippen LogP contribution in [0.3, 0.4) is 0 Å². The molecule has 0 atom stereocenters. The predicted octanol–water partition coefficient (Wildman–Crippen LogP) is 4.44. The van der Waals surface area contributed by atoms with Gasteiger partial charge in [0, 0.05) is 5.56 Å². The minimum Gasteiger partial charge on any atom is -0.484 e. The van der Waals surface area contributed by atoms with Crippen molar-refractivity contribution < 1.29 is 9.53 Å². The number of carbonyl (C=O) groups excluding carboxylic acids is 1. The number of amides is 1. The number of rotatable bonds is 5. The summed E-state index contributed by atoms with van der Waals surface area (Å²) in [5.41, 5.74) is 8.34. The van der Waals surface area contributed by atoms with E-state index < -0.39 is 0 Å². The molecule has 26 heavy (non-hydrogen) atoms. The molecule has 0 aliphatic carbocycles. The number of carbonyl (C=O) groups is 1. The van der Waals surface area contributed by atoms with Crippen LogP contribution in [0.2, 0.25) is 0 Å². The van der Waals surface area contributed by atoms with E-state index in [4.69, 9.17) is 4.74 Å². The molecule has 0 aliphatic rings. The summed E-state index contributed by atoms with van der Waals surface area (Å²) < 4.78 is 5.52. The third-order valence-electron chi connectivity index (χ3n) is 4.21. The Hall–Kier alpha value is -2.62. The second kappa shape index (κ2) is 8.17. The van der Waals surface area contributed by atoms with Crippen molar-refractivity contribution in [2.24, 2.45) is 5.10 Å². The number of hydrogen-bond donors (Lipinski definition) is 1. The van der Waals surface area contributed by atoms with Crippen molar-refractivity contribution in [3.05, 3.63) is 64.2 Å². The van der Waals surface area contributed by atoms with Crippen LogP contribution in [0.25, 0.3) is 0 Å². The monoisotopic (exact) mass is 352 g/mol. The summed E-state index contributed by atoms with van der Waals surface area (Å²) in [5, 5.41) is 4.05. The van der Waals surface area contributed by atoms with E-state index in [0.717, 1.165) is 16.7 Å². The van der Waals surface area contributed by atoms with E-state index in [1.807, 2.05) is 38.1 Å². The Kier molecular flexibility index (Phi) is 6.19. The summed E-state index contributed by atoms with van der Waals surface area (Å²) in [6.45, 7) is 12.5. The molecule has 1 amide bonds. The van der Waals surface area contributed by atoms with Crippen LogP contribution in [0.15, 0.2) is 41.5 Å². The first kappa shape index (κ1) is 19.7. The van der Waals surface area contributed by atoms with Crippen molar-refractivity contribution in [2.45, 2.75) is 47.0 Å². The number of nitrogens with zero attached hydrogens (tertiary/aromatic N) is 1. The van der Waals surface area contributed by atoms with Gasteiger partial charge in [-0.3, -0.25) is 4.79 Å². The maximum absolute atomic E-state index is 11.9. The second-order valence-corrected chi connectivity index (χ2v) is 7.67. The zero-order valence-electron chi connectivity index (χ0n) is 16.5. The molecule has 0 aromatic heterocycles. The molecular formula is C22H28N2O2. The maximum Gasteiger partial charge on any atom is 0.277 e. The first-order valence-corrected chi connectivity index (χ1v) is 8.80. The average molecular weight is 352 g/mol. The summed E-state index contributed by atoms with van der Waals surface area (Å²) in [7, 11) is 0. The van der Waals surface area contributed by atoms with E-state index in [9.17, 15) is 4.79 Å². The lowest BCUT2D eigenvalue weighted by Gasteiger charge is -2.19. The fraction of sp³-hybridized carbons (Fsp3) is 0.364. The van der Waals surface area contributed by atoms with Gasteiger partial charge < -0.3 is 4.74 Å². The van der Waals surface area contributed by atoms with Crippen LogP contribution in [-0.2, 0) is 10.2 Å². The van der Waals surface area contributed by atoms with Crippen LogP contribution in [0, 0.1) is 20.8 Å². The fourth-order valence-electron chi connectivity index (χ4n) is 2.80. The van der Waals surface area contributed by atoms with Crippen molar-refractivity contribution in [1.82, 2.24) is 5.43 Å². The predicted molar refractivity (Wildman–Crippen MR) is 107 cm³/mol. The molecule has 138 valence electrons. The minimum absolute atomic E-state index is 0.0714. The molecule has 0 saturated carbocycles. The molecule has 2 aromatic carbocycles. The zero-order valence-corrected chi connectivity index (χ0v) is 16.5. The highest BCUT2D eigenvalue weighted by molar-refractivity contribution is 5.85. The van der Waals surface area contributed by atoms with Crippen molar-refractivity contribution >= 4 is 12.1 Å². The molecule has 2 rings (SSSR count). The third-order valence-corrected chi connectivity index (χ3v) is 4.21. The molecular weight excluding hydrogens is 324 g/mol. The minimum atomic E-state index is -0.288. The van der Waals surface area contributed by atoms with Crippen LogP contribution in [0.4, 0.5) is 0 Å². The highest BCUT2D eigenvalue weighted by Gasteiger charge is 2.13. The Bertz CT molecular complexity index is 777. The van der Waals surface area contributed by atoms with Crippen LogP contribution in [-0.4, -0.2) is 18.7 Å². The summed E-state index contributed by atoms with van der Waals surface area (Å²) >= 11 is 0. The molecule has 0 radical (unpaired) electrons. The zero-order chi connectivity index (χ0) is 19.3. The standard InChI is InChI=1S/C22H28N2O2/c1-15-11-16(2)20(17(3)12-15)13-23-24-21(25)14-26-19-9-7-18(8-10-19)22(4,5)6/h7-13H,14H2,1-6H3,(H,24,25)/b23-13+. The van der Waals surface area contributed by atoms with Gasteiger partial charge in [0.25, 0.3) is 5.91 Å². The summed E-state index contributed by atoms with van der Waals surface area (Å²) in [5.74, 6) is 0.380. The van der Waals surface area contributed by atoms with Crippen LogP contribution in [0.1, 0.15) is 48.6 Å². The molecule has 0 bridgehead atoms. The number of hydrogen-bond acceptors (Lipinski definition) is 3. The highest BCUT2D eigenvalue weighted by atomic mass is 16.5. The molecule has 1 N–H and O–H groups in total. The summed E-state index contributed by atoms with van der Waals surface area (Å²) in [6, 6.07) is 12.0. The van der Waals surface area contributed by atoms with Crippen molar-refractivity contribution in [3.8, 4) is 5.75 Å². The lowest BCUT2D eigenvalue weighted by Crippen LogP contribution is -2.24. The van der Waals surface area contributed by atoms with Crippen molar-refractivity contribution in [1.29, 1.82) is 0 Å². The number of nitrogens with one attached hydrogen (secondary N) is 1. The number of ether oxygens (including phenoxy) is 1. The normalized spacial score (nSPS) is 11.6. The third kappa shape index (κ3) is 5.45. The summed E-state index contributed by atoms with van der Waals surface area (Å²) in [4.78, 5) is 11.9. The molecule has 0 aliphatic heterocycles. The molecule has 0 spiro atoms. The average Bonchev–Trinajstić information content (AvgIpc) is 2.55. The first-order chi connectivity index (χ1) is 12.2. The summed E-state index contributed by atoms with van der Waals surface area (Å²) in [6.07, 6.45) is 1.68. The number of aryl methyl sites for hydroxylation is 3. The number of hydrazone groups is 1. The fourth-order valence-corrected chi connectivity index (χ4v) is 2.80. The molecule has 0 fully saturated rings. The SMILES string of the molecule is Cc1cc(C)c(/C=N/NC(=O)COc2ccc(C(C)(C)C)cc2)c(C)c1. The van der Waals surface area contributed by atoms with E-state index in [1.54, 1.807) is 6.21 Å².